The largest absolute Gasteiger partial charge is 0.496 e. The van der Waals surface area contributed by atoms with Crippen LogP contribution in [0.15, 0.2) is 29.6 Å². The van der Waals surface area contributed by atoms with Crippen molar-refractivity contribution in [1.29, 1.82) is 0 Å². The van der Waals surface area contributed by atoms with Gasteiger partial charge in [0, 0.05) is 18.0 Å². The van der Waals surface area contributed by atoms with Crippen molar-refractivity contribution in [2.45, 2.75) is 13.0 Å². The summed E-state index contributed by atoms with van der Waals surface area (Å²) in [5, 5.41) is 2.06. The van der Waals surface area contributed by atoms with E-state index in [0.717, 1.165) is 11.3 Å². The lowest BCUT2D eigenvalue weighted by Gasteiger charge is -2.25. The van der Waals surface area contributed by atoms with Gasteiger partial charge in [0.1, 0.15) is 11.4 Å². The molecule has 0 spiro atoms. The number of ether oxygens (including phenoxy) is 1. The molecule has 0 saturated heterocycles. The highest BCUT2D eigenvalue weighted by Gasteiger charge is 2.22. The number of hydrogen-bond acceptors (Lipinski definition) is 5. The molecule has 0 aliphatic carbocycles. The predicted molar refractivity (Wildman–Crippen MR) is 80.0 cm³/mol. The Balaban J connectivity index is 2.24. The van der Waals surface area contributed by atoms with Gasteiger partial charge in [0.05, 0.1) is 13.2 Å². The summed E-state index contributed by atoms with van der Waals surface area (Å²) in [5.41, 5.74) is 6.89. The van der Waals surface area contributed by atoms with Crippen molar-refractivity contribution < 1.29 is 9.53 Å². The van der Waals surface area contributed by atoms with Crippen LogP contribution >= 0.6 is 11.3 Å². The topological polar surface area (TPSA) is 68.5 Å². The first-order valence-corrected chi connectivity index (χ1v) is 7.03. The molecule has 1 heterocycles. The Labute approximate surface area is 122 Å². The Morgan fingerprint density at radius 2 is 2.15 bits per heavy atom. The number of anilines is 1. The molecule has 0 radical (unpaired) electrons. The molecule has 2 aromatic rings. The number of hydrogen-bond donors (Lipinski definition) is 1. The van der Waals surface area contributed by atoms with E-state index < -0.39 is 0 Å². The molecule has 2 N–H and O–H groups in total. The SMILES string of the molecule is COc1ccccc1C(C)N(C)C(=O)c1csc(N)n1. The molecule has 1 aromatic heterocycles. The van der Waals surface area contributed by atoms with Gasteiger partial charge in [-0.3, -0.25) is 4.79 Å². The van der Waals surface area contributed by atoms with Gasteiger partial charge in [-0.1, -0.05) is 18.2 Å². The number of nitrogen functional groups attached to an aromatic ring is 1. The summed E-state index contributed by atoms with van der Waals surface area (Å²) in [5.74, 6) is 0.605. The van der Waals surface area contributed by atoms with E-state index in [4.69, 9.17) is 10.5 Å². The first-order valence-electron chi connectivity index (χ1n) is 6.15. The fourth-order valence-electron chi connectivity index (χ4n) is 1.96. The maximum Gasteiger partial charge on any atom is 0.273 e. The highest BCUT2D eigenvalue weighted by atomic mass is 32.1. The van der Waals surface area contributed by atoms with Crippen molar-refractivity contribution in [3.8, 4) is 5.75 Å². The lowest BCUT2D eigenvalue weighted by atomic mass is 10.1. The average Bonchev–Trinajstić information content (AvgIpc) is 2.91. The highest BCUT2D eigenvalue weighted by Crippen LogP contribution is 2.29. The standard InChI is InChI=1S/C14H17N3O2S/c1-9(10-6-4-5-7-12(10)19-3)17(2)13(18)11-8-20-14(15)16-11/h4-9H,1-3H3,(H2,15,16). The minimum atomic E-state index is -0.156. The number of aromatic nitrogens is 1. The second-order valence-electron chi connectivity index (χ2n) is 4.40. The van der Waals surface area contributed by atoms with Crippen LogP contribution in [-0.2, 0) is 0 Å². The number of amides is 1. The zero-order valence-electron chi connectivity index (χ0n) is 11.7. The number of para-hydroxylation sites is 1. The van der Waals surface area contributed by atoms with Crippen LogP contribution in [0.4, 0.5) is 5.13 Å². The van der Waals surface area contributed by atoms with Crippen molar-refractivity contribution in [2.75, 3.05) is 19.9 Å². The molecule has 1 atom stereocenters. The zero-order valence-corrected chi connectivity index (χ0v) is 12.5. The Hall–Kier alpha value is -2.08. The van der Waals surface area contributed by atoms with Crippen LogP contribution in [0.5, 0.6) is 5.75 Å². The number of carbonyl (C=O) groups excluding carboxylic acids is 1. The minimum Gasteiger partial charge on any atom is -0.496 e. The predicted octanol–water partition coefficient (Wildman–Crippen LogP) is 2.57. The number of methoxy groups -OCH3 is 1. The van der Waals surface area contributed by atoms with Crippen molar-refractivity contribution in [1.82, 2.24) is 9.88 Å². The highest BCUT2D eigenvalue weighted by molar-refractivity contribution is 7.13. The number of nitrogens with two attached hydrogens (primary N) is 1. The monoisotopic (exact) mass is 291 g/mol. The smallest absolute Gasteiger partial charge is 0.273 e. The van der Waals surface area contributed by atoms with Crippen LogP contribution in [0, 0.1) is 0 Å². The normalized spacial score (nSPS) is 11.9. The van der Waals surface area contributed by atoms with E-state index in [1.807, 2.05) is 31.2 Å². The molecular formula is C14H17N3O2S. The van der Waals surface area contributed by atoms with Crippen LogP contribution in [0.2, 0.25) is 0 Å². The summed E-state index contributed by atoms with van der Waals surface area (Å²) in [6.45, 7) is 1.95. The molecule has 5 nitrogen and oxygen atoms in total. The Kier molecular flexibility index (Phi) is 4.24. The third-order valence-corrected chi connectivity index (χ3v) is 3.91. The second-order valence-corrected chi connectivity index (χ2v) is 5.29. The van der Waals surface area contributed by atoms with Gasteiger partial charge in [0.15, 0.2) is 5.13 Å². The van der Waals surface area contributed by atoms with Gasteiger partial charge in [0.2, 0.25) is 0 Å². The van der Waals surface area contributed by atoms with Crippen molar-refractivity contribution in [3.63, 3.8) is 0 Å². The summed E-state index contributed by atoms with van der Waals surface area (Å²) in [7, 11) is 3.36. The maximum atomic E-state index is 12.3. The maximum absolute atomic E-state index is 12.3. The molecule has 0 aliphatic rings. The number of rotatable bonds is 4. The third-order valence-electron chi connectivity index (χ3n) is 3.23. The van der Waals surface area contributed by atoms with Gasteiger partial charge >= 0.3 is 0 Å². The Morgan fingerprint density at radius 1 is 1.45 bits per heavy atom. The molecule has 2 rings (SSSR count). The average molecular weight is 291 g/mol. The molecule has 106 valence electrons. The summed E-state index contributed by atoms with van der Waals surface area (Å²) >= 11 is 1.26. The van der Waals surface area contributed by atoms with E-state index >= 15 is 0 Å². The van der Waals surface area contributed by atoms with E-state index in [2.05, 4.69) is 4.98 Å². The number of benzene rings is 1. The molecule has 1 amide bonds. The third kappa shape index (κ3) is 2.75. The zero-order chi connectivity index (χ0) is 14.7. The number of carbonyl (C=O) groups is 1. The van der Waals surface area contributed by atoms with E-state index in [9.17, 15) is 4.79 Å². The minimum absolute atomic E-state index is 0.124. The number of nitrogens with zero attached hydrogens (tertiary/aromatic N) is 2. The molecule has 1 aromatic carbocycles. The van der Waals surface area contributed by atoms with Crippen molar-refractivity contribution in [3.05, 3.63) is 40.9 Å². The fraction of sp³-hybridized carbons (Fsp3) is 0.286. The Bertz CT molecular complexity index is 612. The lowest BCUT2D eigenvalue weighted by molar-refractivity contribution is 0.0736. The first kappa shape index (κ1) is 14.3. The van der Waals surface area contributed by atoms with Crippen LogP contribution in [0.1, 0.15) is 29.0 Å². The van der Waals surface area contributed by atoms with Gasteiger partial charge in [0.25, 0.3) is 5.91 Å². The summed E-state index contributed by atoms with van der Waals surface area (Å²) in [6.07, 6.45) is 0. The van der Waals surface area contributed by atoms with E-state index in [0.29, 0.717) is 10.8 Å². The second kappa shape index (κ2) is 5.92. The molecule has 0 fully saturated rings. The van der Waals surface area contributed by atoms with Crippen LogP contribution < -0.4 is 10.5 Å². The molecular weight excluding hydrogens is 274 g/mol. The molecule has 0 bridgehead atoms. The lowest BCUT2D eigenvalue weighted by Crippen LogP contribution is -2.30. The molecule has 1 unspecified atom stereocenters. The van der Waals surface area contributed by atoms with Gasteiger partial charge in [-0.25, -0.2) is 4.98 Å². The van der Waals surface area contributed by atoms with E-state index in [-0.39, 0.29) is 11.9 Å². The molecule has 6 heteroatoms. The van der Waals surface area contributed by atoms with Gasteiger partial charge in [-0.2, -0.15) is 0 Å². The number of thiazole rings is 1. The van der Waals surface area contributed by atoms with Crippen LogP contribution in [0.3, 0.4) is 0 Å². The van der Waals surface area contributed by atoms with Gasteiger partial charge in [-0.05, 0) is 13.0 Å². The van der Waals surface area contributed by atoms with Gasteiger partial charge in [-0.15, -0.1) is 11.3 Å². The molecule has 20 heavy (non-hydrogen) atoms. The van der Waals surface area contributed by atoms with Crippen molar-refractivity contribution in [2.24, 2.45) is 0 Å². The first-order chi connectivity index (χ1) is 9.54. The summed E-state index contributed by atoms with van der Waals surface area (Å²) in [6, 6.07) is 7.53. The summed E-state index contributed by atoms with van der Waals surface area (Å²) < 4.78 is 5.33. The van der Waals surface area contributed by atoms with Crippen LogP contribution in [0.25, 0.3) is 0 Å². The molecule has 0 saturated carbocycles. The molecule has 0 aliphatic heterocycles. The van der Waals surface area contributed by atoms with Gasteiger partial charge < -0.3 is 15.4 Å². The fourth-order valence-corrected chi connectivity index (χ4v) is 2.50. The van der Waals surface area contributed by atoms with Crippen molar-refractivity contribution >= 4 is 22.4 Å². The van der Waals surface area contributed by atoms with E-state index in [1.54, 1.807) is 24.4 Å². The Morgan fingerprint density at radius 3 is 2.75 bits per heavy atom. The summed E-state index contributed by atoms with van der Waals surface area (Å²) in [4.78, 5) is 18.0. The van der Waals surface area contributed by atoms with E-state index in [1.165, 1.54) is 11.3 Å². The van der Waals surface area contributed by atoms with Crippen LogP contribution in [-0.4, -0.2) is 29.9 Å². The quantitative estimate of drug-likeness (QED) is 0.940.